The van der Waals surface area contributed by atoms with E-state index in [4.69, 9.17) is 27.8 Å². The van der Waals surface area contributed by atoms with E-state index in [1.54, 1.807) is 0 Å². The molecule has 0 fully saturated rings. The number of hydrogen-bond donors (Lipinski definition) is 6. The van der Waals surface area contributed by atoms with Crippen molar-refractivity contribution in [1.82, 2.24) is 25.9 Å². The Morgan fingerprint density at radius 1 is 1.20 bits per heavy atom. The lowest BCUT2D eigenvalue weighted by atomic mass is 9.80. The van der Waals surface area contributed by atoms with Crippen LogP contribution in [0.1, 0.15) is 54.7 Å². The second-order valence-corrected chi connectivity index (χ2v) is 10.2. The minimum Gasteiger partial charge on any atom is -0.506 e. The van der Waals surface area contributed by atoms with Crippen LogP contribution in [0, 0.1) is 0 Å². The molecule has 0 bridgehead atoms. The van der Waals surface area contributed by atoms with Crippen molar-refractivity contribution in [3.63, 3.8) is 0 Å². The molecule has 1 aliphatic heterocycles. The van der Waals surface area contributed by atoms with Crippen molar-refractivity contribution < 1.29 is 14.6 Å². The van der Waals surface area contributed by atoms with Gasteiger partial charge < -0.3 is 37.3 Å². The molecule has 1 aromatic heterocycles. The number of anilines is 2. The lowest BCUT2D eigenvalue weighted by molar-refractivity contribution is 0.0949. The van der Waals surface area contributed by atoms with Gasteiger partial charge in [0.25, 0.3) is 5.91 Å². The fourth-order valence-electron chi connectivity index (χ4n) is 3.92. The fraction of sp³-hybridized carbons (Fsp3) is 0.522. The molecule has 35 heavy (non-hydrogen) atoms. The molecule has 0 atom stereocenters. The number of carbonyl (C=O) groups excluding carboxylic acids is 1. The Morgan fingerprint density at radius 2 is 1.94 bits per heavy atom. The molecule has 0 saturated carbocycles. The van der Waals surface area contributed by atoms with Crippen molar-refractivity contribution in [2.24, 2.45) is 0 Å². The third kappa shape index (κ3) is 6.87. The van der Waals surface area contributed by atoms with Crippen molar-refractivity contribution in [2.45, 2.75) is 45.1 Å². The molecule has 2 heterocycles. The van der Waals surface area contributed by atoms with Crippen LogP contribution < -0.4 is 32.2 Å². The van der Waals surface area contributed by atoms with Crippen LogP contribution in [0.3, 0.4) is 0 Å². The summed E-state index contributed by atoms with van der Waals surface area (Å²) in [5, 5.41) is 20.0. The number of nitrogens with zero attached hydrogens (tertiary/aromatic N) is 2. The lowest BCUT2D eigenvalue weighted by Crippen LogP contribution is -2.33. The molecule has 0 radical (unpaired) electrons. The van der Waals surface area contributed by atoms with Gasteiger partial charge in [0.1, 0.15) is 16.0 Å². The average molecular weight is 571 g/mol. The normalized spacial score (nSPS) is 14.6. The Morgan fingerprint density at radius 3 is 2.71 bits per heavy atom. The number of nitrogens with one attached hydrogen (secondary N) is 3. The molecule has 0 saturated heterocycles. The van der Waals surface area contributed by atoms with E-state index >= 15 is 0 Å². The van der Waals surface area contributed by atoms with Gasteiger partial charge in [-0.05, 0) is 59.8 Å². The van der Waals surface area contributed by atoms with Gasteiger partial charge in [-0.15, -0.1) is 0 Å². The number of halogens is 2. The molecule has 0 spiro atoms. The third-order valence-electron chi connectivity index (χ3n) is 5.93. The van der Waals surface area contributed by atoms with Crippen molar-refractivity contribution in [3.05, 3.63) is 32.5 Å². The van der Waals surface area contributed by atoms with Crippen molar-refractivity contribution >= 4 is 45.1 Å². The van der Waals surface area contributed by atoms with Crippen LogP contribution in [0.15, 0.2) is 10.5 Å². The van der Waals surface area contributed by atoms with E-state index in [0.29, 0.717) is 30.7 Å². The highest BCUT2D eigenvalue weighted by Gasteiger charge is 2.30. The molecule has 3 rings (SSSR count). The molecule has 1 aromatic carbocycles. The Bertz CT molecular complexity index is 1070. The van der Waals surface area contributed by atoms with E-state index in [0.717, 1.165) is 49.2 Å². The monoisotopic (exact) mass is 569 g/mol. The van der Waals surface area contributed by atoms with Crippen LogP contribution >= 0.6 is 27.5 Å². The van der Waals surface area contributed by atoms with Crippen LogP contribution in [0.5, 0.6) is 11.5 Å². The number of fused-ring (bicyclic) bond motifs is 1. The molecule has 1 aliphatic rings. The summed E-state index contributed by atoms with van der Waals surface area (Å²) in [6.07, 6.45) is 2.89. The van der Waals surface area contributed by atoms with Gasteiger partial charge in [-0.25, -0.2) is 9.97 Å². The van der Waals surface area contributed by atoms with Gasteiger partial charge in [0.15, 0.2) is 22.5 Å². The Balaban J connectivity index is 1.37. The van der Waals surface area contributed by atoms with Gasteiger partial charge in [-0.2, -0.15) is 0 Å². The highest BCUT2D eigenvalue weighted by molar-refractivity contribution is 9.10. The molecular formula is C23H33BrClN7O3. The number of amides is 1. The van der Waals surface area contributed by atoms with E-state index in [1.807, 2.05) is 0 Å². The highest BCUT2D eigenvalue weighted by atomic mass is 79.9. The molecule has 2 aromatic rings. The zero-order valence-corrected chi connectivity index (χ0v) is 22.4. The van der Waals surface area contributed by atoms with Gasteiger partial charge >= 0.3 is 0 Å². The van der Waals surface area contributed by atoms with Crippen molar-refractivity contribution in [3.8, 4) is 11.5 Å². The SMILES string of the molecule is CC1(C)CCCOc2c1cc(CNCCCNCCNC(=O)c1nc(Cl)c(N)nc1N)c(O)c2Br. The molecule has 12 heteroatoms. The number of phenolic OH excluding ortho intramolecular Hbond substituents is 1. The van der Waals surface area contributed by atoms with Crippen LogP contribution in [-0.2, 0) is 12.0 Å². The smallest absolute Gasteiger partial charge is 0.273 e. The first-order valence-corrected chi connectivity index (χ1v) is 12.7. The zero-order valence-electron chi connectivity index (χ0n) is 20.0. The number of hydrogen-bond acceptors (Lipinski definition) is 9. The van der Waals surface area contributed by atoms with E-state index in [9.17, 15) is 9.90 Å². The standard InChI is InChI=1S/C23H33BrClN7O3/c1-23(2)5-3-10-35-18-14(23)11-13(17(33)15(18)24)12-29-7-4-6-28-8-9-30-22(34)16-20(26)32-21(27)19(25)31-16/h11,28-29,33H,3-10,12H2,1-2H3,(H,30,34)(H4,26,27,32). The first-order chi connectivity index (χ1) is 16.6. The van der Waals surface area contributed by atoms with Gasteiger partial charge in [-0.1, -0.05) is 25.4 Å². The summed E-state index contributed by atoms with van der Waals surface area (Å²) < 4.78 is 6.54. The third-order valence-corrected chi connectivity index (χ3v) is 6.94. The number of aromatic hydroxyl groups is 1. The summed E-state index contributed by atoms with van der Waals surface area (Å²) in [5.41, 5.74) is 13.1. The minimum atomic E-state index is -0.458. The lowest BCUT2D eigenvalue weighted by Gasteiger charge is -2.26. The van der Waals surface area contributed by atoms with Gasteiger partial charge in [-0.3, -0.25) is 4.79 Å². The largest absolute Gasteiger partial charge is 0.506 e. The number of rotatable bonds is 10. The zero-order chi connectivity index (χ0) is 25.6. The first kappa shape index (κ1) is 27.3. The maximum Gasteiger partial charge on any atom is 0.273 e. The van der Waals surface area contributed by atoms with Crippen molar-refractivity contribution in [2.75, 3.05) is 44.3 Å². The molecule has 8 N–H and O–H groups in total. The molecule has 0 aliphatic carbocycles. The number of carbonyl (C=O) groups is 1. The van der Waals surface area contributed by atoms with Gasteiger partial charge in [0.2, 0.25) is 0 Å². The number of nitrogens with two attached hydrogens (primary N) is 2. The molecule has 10 nitrogen and oxygen atoms in total. The first-order valence-electron chi connectivity index (χ1n) is 11.6. The summed E-state index contributed by atoms with van der Waals surface area (Å²) in [6, 6.07) is 2.06. The van der Waals surface area contributed by atoms with Crippen LogP contribution in [0.4, 0.5) is 11.6 Å². The van der Waals surface area contributed by atoms with Crippen LogP contribution in [0.25, 0.3) is 0 Å². The molecule has 192 valence electrons. The summed E-state index contributed by atoms with van der Waals surface area (Å²) in [7, 11) is 0. The number of aromatic nitrogens is 2. The summed E-state index contributed by atoms with van der Waals surface area (Å²) >= 11 is 9.33. The molecular weight excluding hydrogens is 538 g/mol. The van der Waals surface area contributed by atoms with Gasteiger partial charge in [0, 0.05) is 30.8 Å². The highest BCUT2D eigenvalue weighted by Crippen LogP contribution is 2.47. The maximum atomic E-state index is 12.2. The number of ether oxygens (including phenoxy) is 1. The van der Waals surface area contributed by atoms with E-state index in [1.165, 1.54) is 0 Å². The predicted molar refractivity (Wildman–Crippen MR) is 141 cm³/mol. The van der Waals surface area contributed by atoms with Crippen LogP contribution in [-0.4, -0.2) is 53.8 Å². The van der Waals surface area contributed by atoms with Crippen molar-refractivity contribution in [1.29, 1.82) is 0 Å². The van der Waals surface area contributed by atoms with E-state index in [2.05, 4.69) is 61.8 Å². The topological polar surface area (TPSA) is 160 Å². The molecule has 1 amide bonds. The molecule has 0 unspecified atom stereocenters. The average Bonchev–Trinajstić information content (AvgIpc) is 2.95. The van der Waals surface area contributed by atoms with Crippen LogP contribution in [0.2, 0.25) is 5.15 Å². The Kier molecular flexibility index (Phi) is 9.40. The van der Waals surface area contributed by atoms with E-state index < -0.39 is 5.91 Å². The summed E-state index contributed by atoms with van der Waals surface area (Å²) in [5.74, 6) is 0.432. The number of benzene rings is 1. The second-order valence-electron chi connectivity index (χ2n) is 9.08. The predicted octanol–water partition coefficient (Wildman–Crippen LogP) is 2.71. The second kappa shape index (κ2) is 12.1. The quantitative estimate of drug-likeness (QED) is 0.236. The Labute approximate surface area is 218 Å². The Hall–Kier alpha value is -2.34. The van der Waals surface area contributed by atoms with E-state index in [-0.39, 0.29) is 33.6 Å². The summed E-state index contributed by atoms with van der Waals surface area (Å²) in [4.78, 5) is 19.9. The van der Waals surface area contributed by atoms with Gasteiger partial charge in [0.05, 0.1) is 6.61 Å². The number of nitrogen functional groups attached to an aromatic ring is 2. The maximum absolute atomic E-state index is 12.2. The fourth-order valence-corrected chi connectivity index (χ4v) is 4.63. The summed E-state index contributed by atoms with van der Waals surface area (Å²) in [6.45, 7) is 8.13. The number of phenols is 1. The minimum absolute atomic E-state index is 0.0150.